The first-order valence-corrected chi connectivity index (χ1v) is 10.3. The summed E-state index contributed by atoms with van der Waals surface area (Å²) < 4.78 is 38.3. The lowest BCUT2D eigenvalue weighted by molar-refractivity contribution is -0.137. The number of halogens is 3. The Morgan fingerprint density at radius 3 is 2.47 bits per heavy atom. The molecule has 2 saturated heterocycles. The summed E-state index contributed by atoms with van der Waals surface area (Å²) in [6, 6.07) is 5.05. The Morgan fingerprint density at radius 2 is 1.80 bits per heavy atom. The Balaban J connectivity index is 1.37. The van der Waals surface area contributed by atoms with Crippen molar-refractivity contribution in [2.24, 2.45) is 5.16 Å². The third kappa shape index (κ3) is 6.70. The topological polar surface area (TPSA) is 48.4 Å². The van der Waals surface area contributed by atoms with Crippen LogP contribution in [0.1, 0.15) is 30.4 Å². The minimum Gasteiger partial charge on any atom is -0.391 e. The summed E-state index contributed by atoms with van der Waals surface area (Å²) in [5.74, 6) is 0.165. The summed E-state index contributed by atoms with van der Waals surface area (Å²) in [7, 11) is 2.11. The summed E-state index contributed by atoms with van der Waals surface area (Å²) in [6.07, 6.45) is -2.58. The number of hydrogen-bond acceptors (Lipinski definition) is 5. The average molecular weight is 426 g/mol. The van der Waals surface area contributed by atoms with Crippen LogP contribution in [0.2, 0.25) is 0 Å². The Bertz CT molecular complexity index is 736. The smallest absolute Gasteiger partial charge is 0.391 e. The number of amides is 1. The molecule has 3 rings (SSSR count). The zero-order chi connectivity index (χ0) is 21.6. The molecule has 30 heavy (non-hydrogen) atoms. The number of nitrogens with zero attached hydrogens (tertiary/aromatic N) is 4. The van der Waals surface area contributed by atoms with Crippen molar-refractivity contribution in [3.63, 3.8) is 0 Å². The average Bonchev–Trinajstić information content (AvgIpc) is 2.73. The highest BCUT2D eigenvalue weighted by Crippen LogP contribution is 2.29. The van der Waals surface area contributed by atoms with Crippen LogP contribution >= 0.6 is 0 Å². The molecule has 2 heterocycles. The molecule has 1 aromatic carbocycles. The Morgan fingerprint density at radius 1 is 1.10 bits per heavy atom. The Labute approximate surface area is 175 Å². The van der Waals surface area contributed by atoms with E-state index in [-0.39, 0.29) is 12.5 Å². The van der Waals surface area contributed by atoms with Gasteiger partial charge < -0.3 is 19.5 Å². The highest BCUT2D eigenvalue weighted by atomic mass is 19.4. The van der Waals surface area contributed by atoms with Gasteiger partial charge in [0, 0.05) is 65.1 Å². The van der Waals surface area contributed by atoms with Gasteiger partial charge in [0.15, 0.2) is 0 Å². The predicted molar refractivity (Wildman–Crippen MR) is 108 cm³/mol. The van der Waals surface area contributed by atoms with Gasteiger partial charge in [0.25, 0.3) is 0 Å². The van der Waals surface area contributed by atoms with Crippen molar-refractivity contribution >= 4 is 11.6 Å². The summed E-state index contributed by atoms with van der Waals surface area (Å²) in [6.45, 7) is 6.08. The second-order valence-electron chi connectivity index (χ2n) is 7.90. The van der Waals surface area contributed by atoms with E-state index in [4.69, 9.17) is 4.84 Å². The van der Waals surface area contributed by atoms with E-state index in [9.17, 15) is 18.0 Å². The largest absolute Gasteiger partial charge is 0.416 e. The van der Waals surface area contributed by atoms with Crippen molar-refractivity contribution in [3.05, 3.63) is 35.4 Å². The van der Waals surface area contributed by atoms with Crippen molar-refractivity contribution in [2.45, 2.75) is 32.0 Å². The number of carbonyl (C=O) groups is 1. The van der Waals surface area contributed by atoms with Crippen molar-refractivity contribution in [3.8, 4) is 0 Å². The molecular formula is C21H29F3N4O2. The molecule has 0 saturated carbocycles. The molecule has 0 bridgehead atoms. The summed E-state index contributed by atoms with van der Waals surface area (Å²) in [4.78, 5) is 24.2. The van der Waals surface area contributed by atoms with E-state index in [0.717, 1.165) is 50.6 Å². The first-order valence-electron chi connectivity index (χ1n) is 10.3. The van der Waals surface area contributed by atoms with Crippen LogP contribution in [0, 0.1) is 0 Å². The lowest BCUT2D eigenvalue weighted by atomic mass is 10.1. The van der Waals surface area contributed by atoms with Gasteiger partial charge in [-0.2, -0.15) is 13.2 Å². The molecule has 2 aliphatic rings. The molecule has 6 nitrogen and oxygen atoms in total. The van der Waals surface area contributed by atoms with E-state index >= 15 is 0 Å². The van der Waals surface area contributed by atoms with Gasteiger partial charge in [-0.3, -0.25) is 4.79 Å². The number of likely N-dealkylation sites (N-methyl/N-ethyl adjacent to an activating group) is 1. The van der Waals surface area contributed by atoms with Crippen LogP contribution < -0.4 is 0 Å². The van der Waals surface area contributed by atoms with Gasteiger partial charge in [-0.1, -0.05) is 17.3 Å². The second-order valence-corrected chi connectivity index (χ2v) is 7.90. The fourth-order valence-corrected chi connectivity index (χ4v) is 3.62. The van der Waals surface area contributed by atoms with Crippen LogP contribution in [-0.2, 0) is 22.4 Å². The summed E-state index contributed by atoms with van der Waals surface area (Å²) in [5, 5.41) is 4.08. The van der Waals surface area contributed by atoms with Crippen LogP contribution in [0.3, 0.4) is 0 Å². The predicted octanol–water partition coefficient (Wildman–Crippen LogP) is 2.84. The van der Waals surface area contributed by atoms with E-state index in [1.54, 1.807) is 6.07 Å². The maximum Gasteiger partial charge on any atom is 0.416 e. The monoisotopic (exact) mass is 426 g/mol. The molecule has 0 atom stereocenters. The fourth-order valence-electron chi connectivity index (χ4n) is 3.62. The number of piperidine rings is 1. The zero-order valence-corrected chi connectivity index (χ0v) is 17.3. The second kappa shape index (κ2) is 10.3. The van der Waals surface area contributed by atoms with Crippen LogP contribution in [0.4, 0.5) is 13.2 Å². The number of alkyl halides is 3. The molecule has 0 aliphatic carbocycles. The van der Waals surface area contributed by atoms with Gasteiger partial charge in [0.1, 0.15) is 6.61 Å². The normalized spacial score (nSPS) is 19.1. The molecule has 2 fully saturated rings. The van der Waals surface area contributed by atoms with Crippen LogP contribution in [0.5, 0.6) is 0 Å². The van der Waals surface area contributed by atoms with Crippen molar-refractivity contribution in [2.75, 3.05) is 52.9 Å². The van der Waals surface area contributed by atoms with E-state index in [1.807, 2.05) is 4.90 Å². The molecule has 0 unspecified atom stereocenters. The van der Waals surface area contributed by atoms with Gasteiger partial charge in [-0.05, 0) is 24.7 Å². The van der Waals surface area contributed by atoms with Gasteiger partial charge in [0.2, 0.25) is 5.91 Å². The molecule has 166 valence electrons. The molecule has 0 aromatic heterocycles. The maximum absolute atomic E-state index is 12.8. The Kier molecular flexibility index (Phi) is 7.71. The van der Waals surface area contributed by atoms with E-state index in [2.05, 4.69) is 22.0 Å². The number of carbonyl (C=O) groups excluding carboxylic acids is 1. The number of oxime groups is 1. The van der Waals surface area contributed by atoms with E-state index in [0.29, 0.717) is 37.9 Å². The minimum atomic E-state index is -4.37. The van der Waals surface area contributed by atoms with Crippen molar-refractivity contribution < 1.29 is 22.8 Å². The summed E-state index contributed by atoms with van der Waals surface area (Å²) in [5.41, 5.74) is 0.565. The van der Waals surface area contributed by atoms with Crippen molar-refractivity contribution in [1.29, 1.82) is 0 Å². The highest BCUT2D eigenvalue weighted by Gasteiger charge is 2.30. The SMILES string of the molecule is CN1CCN(CCC(=O)N2CCC(=NOCc3cccc(C(F)(F)F)c3)CC2)CC1. The number of benzene rings is 1. The molecule has 1 aromatic rings. The number of rotatable bonds is 6. The van der Waals surface area contributed by atoms with Crippen LogP contribution in [0.25, 0.3) is 0 Å². The highest BCUT2D eigenvalue weighted by molar-refractivity contribution is 5.87. The first-order chi connectivity index (χ1) is 14.3. The van der Waals surface area contributed by atoms with E-state index in [1.165, 1.54) is 6.07 Å². The van der Waals surface area contributed by atoms with Gasteiger partial charge in [0.05, 0.1) is 11.3 Å². The lowest BCUT2D eigenvalue weighted by Crippen LogP contribution is -2.46. The standard InChI is InChI=1S/C21H29F3N4O2/c1-26-11-13-27(14-12-26)8-7-20(29)28-9-5-19(6-10-28)25-30-16-17-3-2-4-18(15-17)21(22,23)24/h2-4,15H,5-14,16H2,1H3. The first kappa shape index (κ1) is 22.6. The van der Waals surface area contributed by atoms with Gasteiger partial charge >= 0.3 is 6.18 Å². The number of piperazine rings is 1. The maximum atomic E-state index is 12.8. The Hall–Kier alpha value is -2.13. The quantitative estimate of drug-likeness (QED) is 0.657. The lowest BCUT2D eigenvalue weighted by Gasteiger charge is -2.33. The molecule has 1 amide bonds. The molecular weight excluding hydrogens is 397 g/mol. The van der Waals surface area contributed by atoms with Crippen molar-refractivity contribution in [1.82, 2.24) is 14.7 Å². The summed E-state index contributed by atoms with van der Waals surface area (Å²) >= 11 is 0. The number of hydrogen-bond donors (Lipinski definition) is 0. The van der Waals surface area contributed by atoms with E-state index < -0.39 is 11.7 Å². The third-order valence-corrected chi connectivity index (χ3v) is 5.61. The molecule has 0 radical (unpaired) electrons. The van der Waals surface area contributed by atoms with Gasteiger partial charge in [-0.15, -0.1) is 0 Å². The van der Waals surface area contributed by atoms with Gasteiger partial charge in [-0.25, -0.2) is 0 Å². The molecule has 2 aliphatic heterocycles. The molecule has 0 N–H and O–H groups in total. The van der Waals surface area contributed by atoms with Crippen LogP contribution in [0.15, 0.2) is 29.4 Å². The number of likely N-dealkylation sites (tertiary alicyclic amines) is 1. The fraction of sp³-hybridized carbons (Fsp3) is 0.619. The zero-order valence-electron chi connectivity index (χ0n) is 17.3. The van der Waals surface area contributed by atoms with Crippen LogP contribution in [-0.4, -0.2) is 79.2 Å². The molecule has 9 heteroatoms. The molecule has 0 spiro atoms. The minimum absolute atomic E-state index is 0.0128. The third-order valence-electron chi connectivity index (χ3n) is 5.61.